The maximum atomic E-state index is 9.52. The third kappa shape index (κ3) is 17.6. The molecular weight excluding hydrogens is 152 g/mol. The summed E-state index contributed by atoms with van der Waals surface area (Å²) in [5.74, 6) is -1.48. The average molecular weight is 163 g/mol. The quantitative estimate of drug-likeness (QED) is 0.421. The number of hydrogen-bond acceptors (Lipinski definition) is 4. The van der Waals surface area contributed by atoms with Crippen LogP contribution in [0, 0.1) is 0 Å². The zero-order chi connectivity index (χ0) is 9.44. The molecule has 0 saturated carbocycles. The van der Waals surface area contributed by atoms with Crippen LogP contribution in [0.2, 0.25) is 0 Å². The van der Waals surface area contributed by atoms with E-state index in [0.29, 0.717) is 0 Å². The van der Waals surface area contributed by atoms with Crippen molar-refractivity contribution in [3.8, 4) is 0 Å². The Morgan fingerprint density at radius 2 is 2.00 bits per heavy atom. The number of carboxylic acids is 1. The summed E-state index contributed by atoms with van der Waals surface area (Å²) in [6.45, 7) is 3.69. The van der Waals surface area contributed by atoms with Crippen molar-refractivity contribution in [3.05, 3.63) is 12.3 Å². The molecule has 0 bridgehead atoms. The van der Waals surface area contributed by atoms with Crippen molar-refractivity contribution in [2.24, 2.45) is 0 Å². The highest BCUT2D eigenvalue weighted by atomic mass is 16.4. The summed E-state index contributed by atoms with van der Waals surface area (Å²) in [5.41, 5.74) is 0. The highest BCUT2D eigenvalue weighted by Crippen LogP contribution is 1.75. The Kier molecular flexibility index (Phi) is 8.06. The standard InChI is InChI=1S/C3H6O4.C3H6O/c4-1-2(5)3(6)7;1-3(2)4/h2,4-5H,1H2,(H,6,7);4H,1H2,2H3/p-1/t2-;/m1./s1. The fourth-order valence-corrected chi connectivity index (χ4v) is 0.0781. The van der Waals surface area contributed by atoms with Gasteiger partial charge in [-0.3, -0.25) is 0 Å². The lowest BCUT2D eigenvalue weighted by molar-refractivity contribution is -0.300. The van der Waals surface area contributed by atoms with Gasteiger partial charge in [-0.05, 0) is 0 Å². The van der Waals surface area contributed by atoms with Crippen molar-refractivity contribution >= 4 is 5.97 Å². The second-order valence-corrected chi connectivity index (χ2v) is 1.74. The Morgan fingerprint density at radius 3 is 2.00 bits per heavy atom. The van der Waals surface area contributed by atoms with Crippen molar-refractivity contribution < 1.29 is 25.2 Å². The van der Waals surface area contributed by atoms with Crippen LogP contribution in [0.4, 0.5) is 0 Å². The second-order valence-electron chi connectivity index (χ2n) is 1.74. The van der Waals surface area contributed by atoms with E-state index in [-0.39, 0.29) is 5.76 Å². The van der Waals surface area contributed by atoms with E-state index in [9.17, 15) is 9.90 Å². The molecule has 0 heterocycles. The van der Waals surface area contributed by atoms with Crippen LogP contribution in [0.15, 0.2) is 12.3 Å². The first-order chi connectivity index (χ1) is 4.91. The highest BCUT2D eigenvalue weighted by molar-refractivity contribution is 5.71. The fourth-order valence-electron chi connectivity index (χ4n) is 0.0781. The SMILES string of the molecule is C=C(C)[O-].O=C(O)[C@H](O)CO. The molecule has 0 aliphatic heterocycles. The van der Waals surface area contributed by atoms with E-state index in [1.54, 1.807) is 0 Å². The first-order valence-corrected chi connectivity index (χ1v) is 2.76. The molecule has 0 radical (unpaired) electrons. The summed E-state index contributed by atoms with van der Waals surface area (Å²) < 4.78 is 0. The van der Waals surface area contributed by atoms with E-state index in [2.05, 4.69) is 6.58 Å². The smallest absolute Gasteiger partial charge is 0.334 e. The molecule has 0 amide bonds. The molecule has 0 aromatic heterocycles. The van der Waals surface area contributed by atoms with E-state index in [1.807, 2.05) is 0 Å². The van der Waals surface area contributed by atoms with Crippen LogP contribution in [0.1, 0.15) is 6.92 Å². The minimum absolute atomic E-state index is 0.0833. The molecule has 0 aliphatic carbocycles. The second kappa shape index (κ2) is 7.04. The number of carboxylic acid groups (broad SMARTS) is 1. The monoisotopic (exact) mass is 163 g/mol. The molecule has 0 aromatic rings. The molecule has 66 valence electrons. The normalized spacial score (nSPS) is 10.8. The Labute approximate surface area is 64.2 Å². The number of allylic oxidation sites excluding steroid dienone is 1. The van der Waals surface area contributed by atoms with Crippen molar-refractivity contribution in [3.63, 3.8) is 0 Å². The zero-order valence-electron chi connectivity index (χ0n) is 6.15. The number of hydrogen-bond donors (Lipinski definition) is 3. The summed E-state index contributed by atoms with van der Waals surface area (Å²) in [4.78, 5) is 9.52. The van der Waals surface area contributed by atoms with Crippen LogP contribution in [0.5, 0.6) is 0 Å². The summed E-state index contributed by atoms with van der Waals surface area (Å²) in [5, 5.41) is 33.1. The van der Waals surface area contributed by atoms with Crippen LogP contribution in [0.3, 0.4) is 0 Å². The molecular formula is C6H11O5-. The van der Waals surface area contributed by atoms with E-state index in [1.165, 1.54) is 6.92 Å². The Bertz CT molecular complexity index is 127. The van der Waals surface area contributed by atoms with Crippen LogP contribution in [0.25, 0.3) is 0 Å². The van der Waals surface area contributed by atoms with Crippen molar-refractivity contribution in [1.29, 1.82) is 0 Å². The van der Waals surface area contributed by atoms with Gasteiger partial charge in [-0.15, -0.1) is 12.3 Å². The molecule has 5 heteroatoms. The molecule has 0 saturated heterocycles. The van der Waals surface area contributed by atoms with E-state index >= 15 is 0 Å². The summed E-state index contributed by atoms with van der Waals surface area (Å²) in [6.07, 6.45) is -1.63. The molecule has 11 heavy (non-hydrogen) atoms. The van der Waals surface area contributed by atoms with Crippen LogP contribution in [-0.2, 0) is 4.79 Å². The summed E-state index contributed by atoms with van der Waals surface area (Å²) in [6, 6.07) is 0. The van der Waals surface area contributed by atoms with Gasteiger partial charge in [0.05, 0.1) is 6.61 Å². The van der Waals surface area contributed by atoms with E-state index in [0.717, 1.165) is 0 Å². The van der Waals surface area contributed by atoms with Gasteiger partial charge in [0.15, 0.2) is 6.10 Å². The van der Waals surface area contributed by atoms with Gasteiger partial charge in [-0.25, -0.2) is 4.79 Å². The average Bonchev–Trinajstić information content (AvgIpc) is 1.85. The fraction of sp³-hybridized carbons (Fsp3) is 0.500. The number of aliphatic hydroxyl groups excluding tert-OH is 2. The predicted molar refractivity (Wildman–Crippen MR) is 35.5 cm³/mol. The van der Waals surface area contributed by atoms with Gasteiger partial charge in [-0.2, -0.15) is 0 Å². The lowest BCUT2D eigenvalue weighted by Gasteiger charge is -1.95. The Balaban J connectivity index is 0. The Hall–Kier alpha value is -1.07. The van der Waals surface area contributed by atoms with Gasteiger partial charge in [0.25, 0.3) is 0 Å². The molecule has 3 N–H and O–H groups in total. The molecule has 0 aromatic carbocycles. The van der Waals surface area contributed by atoms with Gasteiger partial charge in [0.1, 0.15) is 0 Å². The van der Waals surface area contributed by atoms with Crippen molar-refractivity contribution in [2.75, 3.05) is 6.61 Å². The lowest BCUT2D eigenvalue weighted by Crippen LogP contribution is -2.22. The highest BCUT2D eigenvalue weighted by Gasteiger charge is 2.08. The van der Waals surface area contributed by atoms with Crippen LogP contribution < -0.4 is 5.11 Å². The maximum Gasteiger partial charge on any atom is 0.334 e. The summed E-state index contributed by atoms with van der Waals surface area (Å²) >= 11 is 0. The first kappa shape index (κ1) is 12.6. The van der Waals surface area contributed by atoms with Gasteiger partial charge >= 0.3 is 5.97 Å². The van der Waals surface area contributed by atoms with Gasteiger partial charge in [-0.1, -0.05) is 6.92 Å². The molecule has 0 fully saturated rings. The molecule has 0 spiro atoms. The third-order valence-corrected chi connectivity index (χ3v) is 0.458. The number of aliphatic hydroxyl groups is 2. The van der Waals surface area contributed by atoms with E-state index < -0.39 is 18.7 Å². The van der Waals surface area contributed by atoms with E-state index in [4.69, 9.17) is 15.3 Å². The number of rotatable bonds is 2. The van der Waals surface area contributed by atoms with Crippen molar-refractivity contribution in [1.82, 2.24) is 0 Å². The van der Waals surface area contributed by atoms with Crippen LogP contribution in [-0.4, -0.2) is 34.0 Å². The summed E-state index contributed by atoms with van der Waals surface area (Å²) in [7, 11) is 0. The lowest BCUT2D eigenvalue weighted by atomic mass is 10.4. The molecule has 5 nitrogen and oxygen atoms in total. The minimum Gasteiger partial charge on any atom is -0.876 e. The molecule has 0 aliphatic rings. The zero-order valence-corrected chi connectivity index (χ0v) is 6.15. The Morgan fingerprint density at radius 1 is 1.73 bits per heavy atom. The molecule has 0 rings (SSSR count). The van der Waals surface area contributed by atoms with Crippen LogP contribution >= 0.6 is 0 Å². The van der Waals surface area contributed by atoms with Gasteiger partial charge in [0, 0.05) is 0 Å². The molecule has 1 atom stereocenters. The largest absolute Gasteiger partial charge is 0.876 e. The molecule has 0 unspecified atom stereocenters. The van der Waals surface area contributed by atoms with Gasteiger partial charge < -0.3 is 20.4 Å². The number of aliphatic carboxylic acids is 1. The van der Waals surface area contributed by atoms with Gasteiger partial charge in [0.2, 0.25) is 0 Å². The number of carbonyl (C=O) groups is 1. The van der Waals surface area contributed by atoms with Crippen molar-refractivity contribution in [2.45, 2.75) is 13.0 Å². The topological polar surface area (TPSA) is 101 Å². The predicted octanol–water partition coefficient (Wildman–Crippen LogP) is -1.70. The first-order valence-electron chi connectivity index (χ1n) is 2.76. The minimum atomic E-state index is -1.63. The maximum absolute atomic E-state index is 9.52. The third-order valence-electron chi connectivity index (χ3n) is 0.458.